The molecule has 1 amide bonds. The van der Waals surface area contributed by atoms with Crippen LogP contribution in [0.15, 0.2) is 41.3 Å². The number of rotatable bonds is 7. The largest absolute Gasteiger partial charge is 0.394 e. The van der Waals surface area contributed by atoms with Gasteiger partial charge in [0.05, 0.1) is 30.1 Å². The van der Waals surface area contributed by atoms with Crippen molar-refractivity contribution in [2.24, 2.45) is 0 Å². The van der Waals surface area contributed by atoms with Crippen LogP contribution in [-0.2, 0) is 19.6 Å². The summed E-state index contributed by atoms with van der Waals surface area (Å²) in [5, 5.41) is 12.7. The Balaban J connectivity index is 1.59. The molecule has 1 aliphatic heterocycles. The van der Waals surface area contributed by atoms with Gasteiger partial charge >= 0.3 is 0 Å². The number of aliphatic hydroxyl groups excluding tert-OH is 1. The maximum Gasteiger partial charge on any atom is 0.241 e. The highest BCUT2D eigenvalue weighted by Gasteiger charge is 2.31. The summed E-state index contributed by atoms with van der Waals surface area (Å²) >= 11 is 0. The number of carbonyl (C=O) groups excluding carboxylic acids is 1. The lowest BCUT2D eigenvalue weighted by atomic mass is 9.95. The first-order valence-electron chi connectivity index (χ1n) is 9.89. The number of ether oxygens (including phenoxy) is 1. The molecular weight excluding hydrogens is 399 g/mol. The predicted octanol–water partition coefficient (Wildman–Crippen LogP) is 1.63. The van der Waals surface area contributed by atoms with Crippen LogP contribution in [0.5, 0.6) is 0 Å². The van der Waals surface area contributed by atoms with E-state index in [-0.39, 0.29) is 23.3 Å². The van der Waals surface area contributed by atoms with Gasteiger partial charge in [-0.15, -0.1) is 0 Å². The molecule has 3 N–H and O–H groups in total. The van der Waals surface area contributed by atoms with Crippen LogP contribution in [0.2, 0.25) is 0 Å². The predicted molar refractivity (Wildman–Crippen MR) is 105 cm³/mol. The third kappa shape index (κ3) is 6.08. The quantitative estimate of drug-likeness (QED) is 0.575. The van der Waals surface area contributed by atoms with Crippen molar-refractivity contribution >= 4 is 15.9 Å². The van der Waals surface area contributed by atoms with Gasteiger partial charge in [-0.2, -0.15) is 0 Å². The molecule has 3 atom stereocenters. The van der Waals surface area contributed by atoms with Crippen LogP contribution in [0.3, 0.4) is 0 Å². The summed E-state index contributed by atoms with van der Waals surface area (Å²) in [7, 11) is -3.92. The van der Waals surface area contributed by atoms with E-state index >= 15 is 0 Å². The molecule has 1 aliphatic carbocycles. The first-order valence-corrected chi connectivity index (χ1v) is 11.4. The van der Waals surface area contributed by atoms with Crippen LogP contribution in [-0.4, -0.2) is 50.3 Å². The number of nitrogens with one attached hydrogen (secondary N) is 2. The van der Waals surface area contributed by atoms with Gasteiger partial charge in [-0.05, 0) is 37.1 Å². The number of halogens is 1. The fraction of sp³-hybridized carbons (Fsp3) is 0.550. The van der Waals surface area contributed by atoms with Gasteiger partial charge in [0.15, 0.2) is 0 Å². The van der Waals surface area contributed by atoms with E-state index in [9.17, 15) is 22.7 Å². The van der Waals surface area contributed by atoms with E-state index in [2.05, 4.69) is 10.0 Å². The van der Waals surface area contributed by atoms with Gasteiger partial charge in [-0.1, -0.05) is 31.4 Å². The molecular formula is C20H27FN2O5S. The Morgan fingerprint density at radius 2 is 1.83 bits per heavy atom. The summed E-state index contributed by atoms with van der Waals surface area (Å²) < 4.78 is 46.2. The molecule has 29 heavy (non-hydrogen) atoms. The van der Waals surface area contributed by atoms with E-state index < -0.39 is 40.7 Å². The van der Waals surface area contributed by atoms with Crippen molar-refractivity contribution in [2.45, 2.75) is 67.7 Å². The average molecular weight is 427 g/mol. The lowest BCUT2D eigenvalue weighted by molar-refractivity contribution is -0.126. The molecule has 1 saturated carbocycles. The van der Waals surface area contributed by atoms with Crippen LogP contribution in [0.1, 0.15) is 38.5 Å². The van der Waals surface area contributed by atoms with E-state index in [1.807, 2.05) is 0 Å². The zero-order valence-electron chi connectivity index (χ0n) is 16.1. The Morgan fingerprint density at radius 3 is 2.48 bits per heavy atom. The Bertz CT molecular complexity index is 822. The summed E-state index contributed by atoms with van der Waals surface area (Å²) in [5.41, 5.74) is 0. The van der Waals surface area contributed by atoms with Crippen molar-refractivity contribution in [1.29, 1.82) is 0 Å². The maximum absolute atomic E-state index is 13.0. The molecule has 160 valence electrons. The summed E-state index contributed by atoms with van der Waals surface area (Å²) in [6.07, 6.45) is 7.37. The molecule has 1 fully saturated rings. The Morgan fingerprint density at radius 1 is 1.14 bits per heavy atom. The fourth-order valence-corrected chi connectivity index (χ4v) is 4.91. The Labute approximate surface area is 170 Å². The SMILES string of the molecule is O=C(C[C@H]1C=C[C@H](NS(=O)(=O)c2ccc(F)cc2)[C@H](CO)O1)NC1CCCCC1. The fourth-order valence-electron chi connectivity index (χ4n) is 3.69. The molecule has 0 spiro atoms. The van der Waals surface area contributed by atoms with Crippen molar-refractivity contribution in [1.82, 2.24) is 10.0 Å². The summed E-state index contributed by atoms with van der Waals surface area (Å²) in [6, 6.07) is 3.85. The number of amides is 1. The molecule has 0 aromatic heterocycles. The van der Waals surface area contributed by atoms with Crippen molar-refractivity contribution in [3.63, 3.8) is 0 Å². The smallest absolute Gasteiger partial charge is 0.241 e. The van der Waals surface area contributed by atoms with Crippen molar-refractivity contribution < 1.29 is 27.4 Å². The van der Waals surface area contributed by atoms with Crippen LogP contribution < -0.4 is 10.0 Å². The number of hydrogen-bond acceptors (Lipinski definition) is 5. The highest BCUT2D eigenvalue weighted by Crippen LogP contribution is 2.20. The monoisotopic (exact) mass is 426 g/mol. The molecule has 1 aromatic carbocycles. The third-order valence-electron chi connectivity index (χ3n) is 5.24. The lowest BCUT2D eigenvalue weighted by Gasteiger charge is -2.32. The first-order chi connectivity index (χ1) is 13.9. The summed E-state index contributed by atoms with van der Waals surface area (Å²) in [6.45, 7) is -0.415. The second kappa shape index (κ2) is 9.80. The van der Waals surface area contributed by atoms with Crippen molar-refractivity contribution in [3.8, 4) is 0 Å². The van der Waals surface area contributed by atoms with E-state index in [1.165, 1.54) is 6.42 Å². The molecule has 7 nitrogen and oxygen atoms in total. The van der Waals surface area contributed by atoms with Crippen molar-refractivity contribution in [2.75, 3.05) is 6.61 Å². The highest BCUT2D eigenvalue weighted by molar-refractivity contribution is 7.89. The molecule has 1 heterocycles. The minimum atomic E-state index is -3.92. The number of aliphatic hydroxyl groups is 1. The number of benzene rings is 1. The van der Waals surface area contributed by atoms with Gasteiger partial charge in [0.2, 0.25) is 15.9 Å². The average Bonchev–Trinajstić information content (AvgIpc) is 2.70. The first kappa shape index (κ1) is 21.9. The second-order valence-corrected chi connectivity index (χ2v) is 9.20. The van der Waals surface area contributed by atoms with E-state index in [0.717, 1.165) is 49.9 Å². The number of hydrogen-bond donors (Lipinski definition) is 3. The van der Waals surface area contributed by atoms with Gasteiger partial charge < -0.3 is 15.2 Å². The van der Waals surface area contributed by atoms with Crippen LogP contribution in [0, 0.1) is 5.82 Å². The van der Waals surface area contributed by atoms with Gasteiger partial charge in [-0.3, -0.25) is 4.79 Å². The van der Waals surface area contributed by atoms with Crippen molar-refractivity contribution in [3.05, 3.63) is 42.2 Å². The van der Waals surface area contributed by atoms with Crippen LogP contribution in [0.4, 0.5) is 4.39 Å². The second-order valence-electron chi connectivity index (χ2n) is 7.49. The minimum Gasteiger partial charge on any atom is -0.394 e. The molecule has 0 bridgehead atoms. The third-order valence-corrected chi connectivity index (χ3v) is 6.71. The van der Waals surface area contributed by atoms with Gasteiger partial charge in [0.1, 0.15) is 11.9 Å². The standard InChI is InChI=1S/C20H27FN2O5S/c21-14-6-9-17(10-7-14)29(26,27)23-18-11-8-16(28-19(18)13-24)12-20(25)22-15-4-2-1-3-5-15/h6-11,15-16,18-19,23-24H,1-5,12-13H2,(H,22,25)/t16-,18+,19+/m1/s1. The van der Waals surface area contributed by atoms with E-state index in [0.29, 0.717) is 0 Å². The van der Waals surface area contributed by atoms with Crippen LogP contribution in [0.25, 0.3) is 0 Å². The van der Waals surface area contributed by atoms with Gasteiger partial charge in [0.25, 0.3) is 0 Å². The molecule has 0 radical (unpaired) electrons. The Kier molecular flexibility index (Phi) is 7.39. The zero-order valence-corrected chi connectivity index (χ0v) is 16.9. The van der Waals surface area contributed by atoms with E-state index in [4.69, 9.17) is 4.74 Å². The van der Waals surface area contributed by atoms with Gasteiger partial charge in [-0.25, -0.2) is 17.5 Å². The molecule has 3 rings (SSSR count). The molecule has 0 unspecified atom stereocenters. The Hall–Kier alpha value is -1.81. The van der Waals surface area contributed by atoms with E-state index in [1.54, 1.807) is 12.2 Å². The molecule has 2 aliphatic rings. The zero-order chi connectivity index (χ0) is 20.9. The number of carbonyl (C=O) groups is 1. The minimum absolute atomic E-state index is 0.0852. The normalized spacial score (nSPS) is 25.7. The topological polar surface area (TPSA) is 105 Å². The maximum atomic E-state index is 13.0. The lowest BCUT2D eigenvalue weighted by Crippen LogP contribution is -2.49. The molecule has 9 heteroatoms. The number of sulfonamides is 1. The van der Waals surface area contributed by atoms with Crippen LogP contribution >= 0.6 is 0 Å². The van der Waals surface area contributed by atoms with Gasteiger partial charge in [0, 0.05) is 6.04 Å². The highest BCUT2D eigenvalue weighted by atomic mass is 32.2. The molecule has 1 aromatic rings. The summed E-state index contributed by atoms with van der Waals surface area (Å²) in [5.74, 6) is -0.652. The summed E-state index contributed by atoms with van der Waals surface area (Å²) in [4.78, 5) is 12.2. The molecule has 0 saturated heterocycles.